The number of aliphatic hydroxyl groups is 1. The molecule has 0 fully saturated rings. The number of para-hydroxylation sites is 1. The fourth-order valence-corrected chi connectivity index (χ4v) is 8.52. The van der Waals surface area contributed by atoms with E-state index in [4.69, 9.17) is 37.5 Å². The number of hydrogen-bond donors (Lipinski definition) is 2. The van der Waals surface area contributed by atoms with Gasteiger partial charge < -0.3 is 42.7 Å². The number of ether oxygens (including phenoxy) is 5. The van der Waals surface area contributed by atoms with E-state index in [0.29, 0.717) is 80.1 Å². The molecule has 3 aromatic heterocycles. The maximum atomic E-state index is 14.3. The molecule has 0 saturated heterocycles. The molecule has 0 aliphatic heterocycles. The van der Waals surface area contributed by atoms with Gasteiger partial charge in [-0.25, -0.2) is 29.1 Å². The van der Waals surface area contributed by atoms with Crippen molar-refractivity contribution >= 4 is 25.4 Å². The van der Waals surface area contributed by atoms with Crippen LogP contribution in [0.4, 0.5) is 4.39 Å². The lowest BCUT2D eigenvalue weighted by atomic mass is 9.92. The van der Waals surface area contributed by atoms with E-state index < -0.39 is 32.3 Å². The fraction of sp³-hybridized carbons (Fsp3) is 0.302. The largest absolute Gasteiger partial charge is 0.543 e. The van der Waals surface area contributed by atoms with E-state index in [9.17, 15) is 19.4 Å². The molecule has 0 bridgehead atoms. The molecular weight excluding hydrogens is 900 g/mol. The molecule has 0 aliphatic carbocycles. The van der Waals surface area contributed by atoms with Gasteiger partial charge in [-0.1, -0.05) is 39.0 Å². The number of rotatable bonds is 21. The van der Waals surface area contributed by atoms with Crippen LogP contribution in [-0.4, -0.2) is 83.6 Å². The summed E-state index contributed by atoms with van der Waals surface area (Å²) < 4.78 is 57.6. The molecule has 0 unspecified atom stereocenters. The zero-order chi connectivity index (χ0) is 49.5. The van der Waals surface area contributed by atoms with Gasteiger partial charge in [-0.05, 0) is 121 Å². The van der Waals surface area contributed by atoms with E-state index in [-0.39, 0.29) is 42.9 Å². The third-order valence-electron chi connectivity index (χ3n) is 11.9. The normalized spacial score (nSPS) is 12.6. The Balaban J connectivity index is 1.28. The molecule has 7 aromatic rings. The summed E-state index contributed by atoms with van der Waals surface area (Å²) in [6.07, 6.45) is 2.16. The van der Waals surface area contributed by atoms with Crippen LogP contribution < -0.4 is 23.4 Å². The Hall–Kier alpha value is -7.14. The molecule has 7 rings (SSSR count). The van der Waals surface area contributed by atoms with E-state index in [0.717, 1.165) is 11.1 Å². The maximum absolute atomic E-state index is 14.3. The number of carboxylic acids is 1. The summed E-state index contributed by atoms with van der Waals surface area (Å²) >= 11 is 0. The topological polar surface area (TPSA) is 178 Å². The first-order chi connectivity index (χ1) is 33.0. The number of aryl methyl sites for hydroxylation is 2. The van der Waals surface area contributed by atoms with Crippen LogP contribution in [0.25, 0.3) is 44.9 Å². The van der Waals surface area contributed by atoms with Crippen LogP contribution in [0.15, 0.2) is 115 Å². The molecule has 0 amide bonds. The zero-order valence-corrected chi connectivity index (χ0v) is 41.0. The Kier molecular flexibility index (Phi) is 15.5. The SMILES string of the molecule is C=CCOC[C@H](CO)Oc1cc(C)c(-c2c(-c3ccc(F)cc3)oc3ncnc(O[C@H](Cc4cc(O[Si](C)(C)C(C)(C)C)ccc4OCc4ccnc(-c5ccccc5OC)n4)C(=O)O)c23)c(C)c1. The van der Waals surface area contributed by atoms with Crippen LogP contribution >= 0.6 is 0 Å². The highest BCUT2D eigenvalue weighted by Crippen LogP contribution is 2.47. The van der Waals surface area contributed by atoms with Gasteiger partial charge in [0, 0.05) is 29.3 Å². The van der Waals surface area contributed by atoms with Crippen molar-refractivity contribution in [3.63, 3.8) is 0 Å². The summed E-state index contributed by atoms with van der Waals surface area (Å²) in [5, 5.41) is 21.1. The summed E-state index contributed by atoms with van der Waals surface area (Å²) in [4.78, 5) is 31.6. The summed E-state index contributed by atoms with van der Waals surface area (Å²) in [6, 6.07) is 24.0. The third-order valence-corrected chi connectivity index (χ3v) is 16.3. The molecule has 0 aliphatic rings. The number of aromatic nitrogens is 4. The predicted octanol–water partition coefficient (Wildman–Crippen LogP) is 10.8. The molecule has 16 heteroatoms. The Labute approximate surface area is 401 Å². The van der Waals surface area contributed by atoms with Gasteiger partial charge in [-0.3, -0.25) is 0 Å². The van der Waals surface area contributed by atoms with E-state index in [1.54, 1.807) is 49.7 Å². The van der Waals surface area contributed by atoms with E-state index >= 15 is 0 Å². The van der Waals surface area contributed by atoms with Crippen LogP contribution in [-0.2, 0) is 22.6 Å². The number of halogens is 1. The Morgan fingerprint density at radius 2 is 1.65 bits per heavy atom. The van der Waals surface area contributed by atoms with Crippen LogP contribution in [0.3, 0.4) is 0 Å². The number of aliphatic hydroxyl groups excluding tert-OH is 1. The molecular formula is C53H57FN4O10Si. The second-order valence-corrected chi connectivity index (χ2v) is 22.7. The van der Waals surface area contributed by atoms with E-state index in [1.807, 2.05) is 56.3 Å². The van der Waals surface area contributed by atoms with Crippen molar-refractivity contribution in [3.8, 4) is 62.7 Å². The zero-order valence-electron chi connectivity index (χ0n) is 40.0. The summed E-state index contributed by atoms with van der Waals surface area (Å²) in [6.45, 7) is 18.3. The van der Waals surface area contributed by atoms with Crippen molar-refractivity contribution in [2.45, 2.75) is 78.0 Å². The van der Waals surface area contributed by atoms with Gasteiger partial charge in [0.25, 0.3) is 0 Å². The standard InChI is InChI=1S/C53H57FN4O10Si/c1-10-23-63-30-40(28-59)65-39-24-32(2)45(33(3)25-39)46-47-50(56-31-57-51(47)67-48(46)34-15-17-36(54)18-16-34)66-44(52(60)61)27-35-26-38(68-69(8,9)53(4,5)6)19-20-42(35)64-29-37-21-22-55-49(58-37)41-13-11-12-14-43(41)62-7/h10-22,24-26,31,40,44,59H,1,23,27-30H2,2-9H3,(H,60,61)/t40-,44+/m0/s1. The summed E-state index contributed by atoms with van der Waals surface area (Å²) in [5.74, 6) is 1.09. The first kappa shape index (κ1) is 49.8. The van der Waals surface area contributed by atoms with Gasteiger partial charge in [0.1, 0.15) is 59.0 Å². The molecule has 14 nitrogen and oxygen atoms in total. The minimum Gasteiger partial charge on any atom is -0.543 e. The summed E-state index contributed by atoms with van der Waals surface area (Å²) in [5.41, 5.74) is 5.11. The van der Waals surface area contributed by atoms with Crippen molar-refractivity contribution < 1.29 is 51.9 Å². The highest BCUT2D eigenvalue weighted by molar-refractivity contribution is 6.74. The molecule has 4 aromatic carbocycles. The van der Waals surface area contributed by atoms with Crippen molar-refractivity contribution in [1.82, 2.24) is 19.9 Å². The van der Waals surface area contributed by atoms with Crippen molar-refractivity contribution in [1.29, 1.82) is 0 Å². The number of carbonyl (C=O) groups is 1. The molecule has 360 valence electrons. The molecule has 69 heavy (non-hydrogen) atoms. The second kappa shape index (κ2) is 21.4. The van der Waals surface area contributed by atoms with Gasteiger partial charge in [-0.15, -0.1) is 6.58 Å². The number of furan rings is 1. The number of hydrogen-bond acceptors (Lipinski definition) is 13. The van der Waals surface area contributed by atoms with Crippen molar-refractivity contribution in [2.75, 3.05) is 26.9 Å². The first-order valence-electron chi connectivity index (χ1n) is 22.4. The molecule has 2 atom stereocenters. The number of carboxylic acid groups (broad SMARTS) is 1. The van der Waals surface area contributed by atoms with Crippen molar-refractivity contribution in [2.24, 2.45) is 0 Å². The van der Waals surface area contributed by atoms with Gasteiger partial charge in [0.05, 0.1) is 38.2 Å². The van der Waals surface area contributed by atoms with Crippen LogP contribution in [0, 0.1) is 19.7 Å². The molecule has 0 radical (unpaired) electrons. The molecule has 0 spiro atoms. The highest BCUT2D eigenvalue weighted by atomic mass is 28.4. The van der Waals surface area contributed by atoms with Gasteiger partial charge in [-0.2, -0.15) is 0 Å². The maximum Gasteiger partial charge on any atom is 0.345 e. The lowest BCUT2D eigenvalue weighted by molar-refractivity contribution is -0.145. The van der Waals surface area contributed by atoms with E-state index in [2.05, 4.69) is 55.4 Å². The van der Waals surface area contributed by atoms with Crippen LogP contribution in [0.5, 0.6) is 28.9 Å². The number of nitrogens with zero attached hydrogens (tertiary/aromatic N) is 4. The van der Waals surface area contributed by atoms with Gasteiger partial charge in [0.15, 0.2) is 5.82 Å². The fourth-order valence-electron chi connectivity index (χ4n) is 7.49. The van der Waals surface area contributed by atoms with Crippen LogP contribution in [0.1, 0.15) is 43.2 Å². The molecule has 2 N–H and O–H groups in total. The quantitative estimate of drug-likeness (QED) is 0.0395. The second-order valence-electron chi connectivity index (χ2n) is 18.0. The van der Waals surface area contributed by atoms with E-state index in [1.165, 1.54) is 18.5 Å². The smallest absolute Gasteiger partial charge is 0.345 e. The number of aliphatic carboxylic acids is 1. The minimum absolute atomic E-state index is 0.0298. The lowest BCUT2D eigenvalue weighted by Crippen LogP contribution is -2.43. The molecule has 0 saturated carbocycles. The minimum atomic E-state index is -2.35. The van der Waals surface area contributed by atoms with Gasteiger partial charge in [0.2, 0.25) is 26.0 Å². The van der Waals surface area contributed by atoms with Crippen LogP contribution in [0.2, 0.25) is 18.1 Å². The predicted molar refractivity (Wildman–Crippen MR) is 263 cm³/mol. The average Bonchev–Trinajstić information content (AvgIpc) is 3.70. The highest BCUT2D eigenvalue weighted by Gasteiger charge is 2.39. The number of methoxy groups -OCH3 is 1. The Morgan fingerprint density at radius 1 is 0.913 bits per heavy atom. The monoisotopic (exact) mass is 956 g/mol. The molecule has 3 heterocycles. The third kappa shape index (κ3) is 11.6. The average molecular weight is 957 g/mol. The lowest BCUT2D eigenvalue weighted by Gasteiger charge is -2.36. The first-order valence-corrected chi connectivity index (χ1v) is 25.3. The Bertz CT molecular complexity index is 2910. The number of benzene rings is 4. The number of fused-ring (bicyclic) bond motifs is 1. The van der Waals surface area contributed by atoms with Crippen molar-refractivity contribution in [3.05, 3.63) is 138 Å². The Morgan fingerprint density at radius 3 is 2.33 bits per heavy atom. The summed E-state index contributed by atoms with van der Waals surface area (Å²) in [7, 11) is -0.760. The van der Waals surface area contributed by atoms with Gasteiger partial charge >= 0.3 is 5.97 Å².